The zero-order valence-electron chi connectivity index (χ0n) is 9.16. The van der Waals surface area contributed by atoms with Gasteiger partial charge in [0.25, 0.3) is 0 Å². The molecular formula is C11H18N2O. The predicted molar refractivity (Wildman–Crippen MR) is 56.0 cm³/mol. The van der Waals surface area contributed by atoms with E-state index in [1.54, 1.807) is 4.68 Å². The lowest BCUT2D eigenvalue weighted by molar-refractivity contribution is -0.122. The Morgan fingerprint density at radius 2 is 2.36 bits per heavy atom. The van der Waals surface area contributed by atoms with Gasteiger partial charge in [0.2, 0.25) is 0 Å². The minimum absolute atomic E-state index is 0.181. The summed E-state index contributed by atoms with van der Waals surface area (Å²) in [5.41, 5.74) is 1.21. The Hall–Kier alpha value is -1.12. The third kappa shape index (κ3) is 2.98. The second kappa shape index (κ2) is 4.94. The fraction of sp³-hybridized carbons (Fsp3) is 0.636. The van der Waals surface area contributed by atoms with Gasteiger partial charge >= 0.3 is 0 Å². The second-order valence-electron chi connectivity index (χ2n) is 3.78. The van der Waals surface area contributed by atoms with Crippen molar-refractivity contribution in [2.24, 2.45) is 13.0 Å². The maximum atomic E-state index is 11.3. The molecule has 1 aromatic rings. The van der Waals surface area contributed by atoms with Gasteiger partial charge in [-0.15, -0.1) is 0 Å². The highest BCUT2D eigenvalue weighted by Crippen LogP contribution is 2.10. The summed E-state index contributed by atoms with van der Waals surface area (Å²) in [4.78, 5) is 11.3. The zero-order valence-corrected chi connectivity index (χ0v) is 9.16. The van der Waals surface area contributed by atoms with E-state index in [9.17, 15) is 4.79 Å². The highest BCUT2D eigenvalue weighted by Gasteiger charge is 2.10. The average Bonchev–Trinajstić information content (AvgIpc) is 2.59. The molecule has 0 N–H and O–H groups in total. The van der Waals surface area contributed by atoms with Crippen LogP contribution in [0.5, 0.6) is 0 Å². The van der Waals surface area contributed by atoms with Gasteiger partial charge < -0.3 is 0 Å². The van der Waals surface area contributed by atoms with Gasteiger partial charge in [-0.25, -0.2) is 0 Å². The summed E-state index contributed by atoms with van der Waals surface area (Å²) in [6, 6.07) is 0. The maximum absolute atomic E-state index is 11.3. The Morgan fingerprint density at radius 3 is 2.86 bits per heavy atom. The van der Waals surface area contributed by atoms with E-state index in [1.165, 1.54) is 5.56 Å². The lowest BCUT2D eigenvalue weighted by Crippen LogP contribution is -2.10. The molecule has 0 amide bonds. The first-order valence-electron chi connectivity index (χ1n) is 5.13. The molecule has 1 rings (SSSR count). The number of aryl methyl sites for hydroxylation is 2. The van der Waals surface area contributed by atoms with E-state index in [2.05, 4.69) is 5.10 Å². The SMILES string of the molecule is CCC(=O)C(C)CCc1cnn(C)c1. The van der Waals surface area contributed by atoms with Crippen LogP contribution in [0.15, 0.2) is 12.4 Å². The van der Waals surface area contributed by atoms with Gasteiger partial charge in [0.1, 0.15) is 5.78 Å². The minimum atomic E-state index is 0.181. The van der Waals surface area contributed by atoms with Crippen molar-refractivity contribution in [1.29, 1.82) is 0 Å². The quantitative estimate of drug-likeness (QED) is 0.718. The number of rotatable bonds is 5. The largest absolute Gasteiger partial charge is 0.299 e. The Kier molecular flexibility index (Phi) is 3.86. The molecular weight excluding hydrogens is 176 g/mol. The normalized spacial score (nSPS) is 12.8. The van der Waals surface area contributed by atoms with Crippen LogP contribution in [-0.4, -0.2) is 15.6 Å². The molecule has 1 aromatic heterocycles. The first-order chi connectivity index (χ1) is 6.63. The van der Waals surface area contributed by atoms with E-state index in [1.807, 2.05) is 33.3 Å². The van der Waals surface area contributed by atoms with Crippen molar-refractivity contribution in [2.45, 2.75) is 33.1 Å². The summed E-state index contributed by atoms with van der Waals surface area (Å²) in [5, 5.41) is 4.09. The topological polar surface area (TPSA) is 34.9 Å². The molecule has 14 heavy (non-hydrogen) atoms. The smallest absolute Gasteiger partial charge is 0.135 e. The van der Waals surface area contributed by atoms with Gasteiger partial charge in [-0.1, -0.05) is 13.8 Å². The Morgan fingerprint density at radius 1 is 1.64 bits per heavy atom. The number of aromatic nitrogens is 2. The molecule has 1 atom stereocenters. The zero-order chi connectivity index (χ0) is 10.6. The van der Waals surface area contributed by atoms with Crippen LogP contribution in [0.25, 0.3) is 0 Å². The molecule has 0 saturated heterocycles. The van der Waals surface area contributed by atoms with E-state index in [0.29, 0.717) is 12.2 Å². The van der Waals surface area contributed by atoms with Crippen LogP contribution in [-0.2, 0) is 18.3 Å². The molecule has 1 heterocycles. The summed E-state index contributed by atoms with van der Waals surface area (Å²) in [6.07, 6.45) is 6.39. The van der Waals surface area contributed by atoms with Crippen molar-refractivity contribution in [2.75, 3.05) is 0 Å². The van der Waals surface area contributed by atoms with Crippen molar-refractivity contribution in [3.8, 4) is 0 Å². The fourth-order valence-electron chi connectivity index (χ4n) is 1.49. The lowest BCUT2D eigenvalue weighted by Gasteiger charge is -2.06. The highest BCUT2D eigenvalue weighted by molar-refractivity contribution is 5.80. The molecule has 0 fully saturated rings. The molecule has 3 heteroatoms. The summed E-state index contributed by atoms with van der Waals surface area (Å²) >= 11 is 0. The van der Waals surface area contributed by atoms with Crippen molar-refractivity contribution in [3.05, 3.63) is 18.0 Å². The first-order valence-corrected chi connectivity index (χ1v) is 5.13. The fourth-order valence-corrected chi connectivity index (χ4v) is 1.49. The van der Waals surface area contributed by atoms with E-state index in [4.69, 9.17) is 0 Å². The summed E-state index contributed by atoms with van der Waals surface area (Å²) in [7, 11) is 1.91. The number of nitrogens with zero attached hydrogens (tertiary/aromatic N) is 2. The molecule has 78 valence electrons. The first kappa shape index (κ1) is 11.0. The van der Waals surface area contributed by atoms with Crippen LogP contribution >= 0.6 is 0 Å². The molecule has 0 radical (unpaired) electrons. The Labute approximate surface area is 85.1 Å². The molecule has 0 saturated carbocycles. The Bertz CT molecular complexity index is 304. The van der Waals surface area contributed by atoms with Crippen LogP contribution in [0.1, 0.15) is 32.3 Å². The summed E-state index contributed by atoms with van der Waals surface area (Å²) in [5.74, 6) is 0.536. The van der Waals surface area contributed by atoms with Gasteiger partial charge in [-0.3, -0.25) is 9.48 Å². The number of carbonyl (C=O) groups is 1. The highest BCUT2D eigenvalue weighted by atomic mass is 16.1. The number of hydrogen-bond acceptors (Lipinski definition) is 2. The molecule has 0 bridgehead atoms. The van der Waals surface area contributed by atoms with Crippen LogP contribution in [0.4, 0.5) is 0 Å². The van der Waals surface area contributed by atoms with Crippen molar-refractivity contribution < 1.29 is 4.79 Å². The van der Waals surface area contributed by atoms with E-state index in [0.717, 1.165) is 12.8 Å². The summed E-state index contributed by atoms with van der Waals surface area (Å²) < 4.78 is 1.79. The van der Waals surface area contributed by atoms with Gasteiger partial charge in [-0.2, -0.15) is 5.10 Å². The molecule has 0 aromatic carbocycles. The lowest BCUT2D eigenvalue weighted by atomic mass is 9.97. The van der Waals surface area contributed by atoms with Gasteiger partial charge in [0.15, 0.2) is 0 Å². The third-order valence-corrected chi connectivity index (χ3v) is 2.52. The maximum Gasteiger partial charge on any atom is 0.135 e. The molecule has 0 aliphatic rings. The third-order valence-electron chi connectivity index (χ3n) is 2.52. The number of hydrogen-bond donors (Lipinski definition) is 0. The van der Waals surface area contributed by atoms with Crippen LogP contribution in [0.2, 0.25) is 0 Å². The van der Waals surface area contributed by atoms with Crippen molar-refractivity contribution >= 4 is 5.78 Å². The molecule has 3 nitrogen and oxygen atoms in total. The number of carbonyl (C=O) groups excluding carboxylic acids is 1. The minimum Gasteiger partial charge on any atom is -0.299 e. The average molecular weight is 194 g/mol. The molecule has 0 spiro atoms. The van der Waals surface area contributed by atoms with Crippen molar-refractivity contribution in [1.82, 2.24) is 9.78 Å². The van der Waals surface area contributed by atoms with Gasteiger partial charge in [-0.05, 0) is 18.4 Å². The van der Waals surface area contributed by atoms with Crippen LogP contribution < -0.4 is 0 Å². The van der Waals surface area contributed by atoms with Gasteiger partial charge in [0, 0.05) is 25.6 Å². The van der Waals surface area contributed by atoms with E-state index >= 15 is 0 Å². The second-order valence-corrected chi connectivity index (χ2v) is 3.78. The molecule has 1 unspecified atom stereocenters. The number of Topliss-reactive ketones (excluding diaryl/α,β-unsaturated/α-hetero) is 1. The van der Waals surface area contributed by atoms with Crippen LogP contribution in [0.3, 0.4) is 0 Å². The standard InChI is InChI=1S/C11H18N2O/c1-4-11(14)9(2)5-6-10-7-12-13(3)8-10/h7-9H,4-6H2,1-3H3. The van der Waals surface area contributed by atoms with E-state index < -0.39 is 0 Å². The molecule has 0 aliphatic heterocycles. The van der Waals surface area contributed by atoms with Crippen LogP contribution in [0, 0.1) is 5.92 Å². The molecule has 0 aliphatic carbocycles. The Balaban J connectivity index is 2.37. The van der Waals surface area contributed by atoms with Gasteiger partial charge in [0.05, 0.1) is 6.20 Å². The van der Waals surface area contributed by atoms with Crippen molar-refractivity contribution in [3.63, 3.8) is 0 Å². The summed E-state index contributed by atoms with van der Waals surface area (Å²) in [6.45, 7) is 3.92. The van der Waals surface area contributed by atoms with E-state index in [-0.39, 0.29) is 5.92 Å². The monoisotopic (exact) mass is 194 g/mol. The number of ketones is 1. The predicted octanol–water partition coefficient (Wildman–Crippen LogP) is 1.97.